The van der Waals surface area contributed by atoms with Gasteiger partial charge in [-0.05, 0) is 6.07 Å². The van der Waals surface area contributed by atoms with Crippen molar-refractivity contribution in [2.75, 3.05) is 0 Å². The predicted molar refractivity (Wildman–Crippen MR) is 63.0 cm³/mol. The van der Waals surface area contributed by atoms with Gasteiger partial charge in [0.1, 0.15) is 17.0 Å². The molecule has 2 rings (SSSR count). The van der Waals surface area contributed by atoms with Gasteiger partial charge in [0.05, 0.1) is 5.02 Å². The van der Waals surface area contributed by atoms with Crippen molar-refractivity contribution in [2.45, 2.75) is 13.0 Å². The van der Waals surface area contributed by atoms with Gasteiger partial charge in [-0.1, -0.05) is 11.6 Å². The highest BCUT2D eigenvalue weighted by Gasteiger charge is 2.30. The number of hydrogen-bond acceptors (Lipinski definition) is 3. The number of rotatable bonds is 4. The zero-order valence-electron chi connectivity index (χ0n) is 10.3. The molecule has 0 bridgehead atoms. The average molecular weight is 328 g/mol. The number of alkyl halides is 4. The van der Waals surface area contributed by atoms with Crippen molar-refractivity contribution in [3.8, 4) is 17.3 Å². The number of ether oxygens (including phenoxy) is 1. The summed E-state index contributed by atoms with van der Waals surface area (Å²) in [4.78, 5) is 3.57. The quantitative estimate of drug-likeness (QED) is 0.802. The molecule has 2 aromatic heterocycles. The van der Waals surface area contributed by atoms with E-state index in [1.54, 1.807) is 0 Å². The standard InChI is InChI=1S/C11H7ClF5N3O/c1-20-10(21-11(16)17)6(9(14)15)8(19-20)7-5(13)2-4(12)3-18-7/h2-3,9,11H,1H3. The van der Waals surface area contributed by atoms with Crippen molar-refractivity contribution in [1.82, 2.24) is 14.8 Å². The monoisotopic (exact) mass is 327 g/mol. The van der Waals surface area contributed by atoms with Gasteiger partial charge in [0.2, 0.25) is 5.88 Å². The number of aromatic nitrogens is 3. The maximum atomic E-state index is 13.8. The highest BCUT2D eigenvalue weighted by Crippen LogP contribution is 2.38. The Hall–Kier alpha value is -1.90. The highest BCUT2D eigenvalue weighted by atomic mass is 35.5. The van der Waals surface area contributed by atoms with E-state index in [1.807, 2.05) is 0 Å². The van der Waals surface area contributed by atoms with Crippen LogP contribution in [0.5, 0.6) is 5.88 Å². The fraction of sp³-hybridized carbons (Fsp3) is 0.273. The third-order valence-corrected chi connectivity index (χ3v) is 2.69. The SMILES string of the molecule is Cn1nc(-c2ncc(Cl)cc2F)c(C(F)F)c1OC(F)F. The molecule has 0 aromatic carbocycles. The number of halogens is 6. The van der Waals surface area contributed by atoms with Crippen LogP contribution >= 0.6 is 11.6 Å². The zero-order valence-corrected chi connectivity index (χ0v) is 11.1. The van der Waals surface area contributed by atoms with E-state index in [1.165, 1.54) is 0 Å². The smallest absolute Gasteiger partial charge is 0.388 e. The first-order chi connectivity index (χ1) is 9.81. The summed E-state index contributed by atoms with van der Waals surface area (Å²) in [5.74, 6) is -1.86. The number of aryl methyl sites for hydroxylation is 1. The molecule has 0 aliphatic carbocycles. The predicted octanol–water partition coefficient (Wildman–Crippen LogP) is 3.81. The van der Waals surface area contributed by atoms with Crippen molar-refractivity contribution in [3.63, 3.8) is 0 Å². The van der Waals surface area contributed by atoms with E-state index >= 15 is 0 Å². The number of nitrogens with zero attached hydrogens (tertiary/aromatic N) is 3. The Morgan fingerprint density at radius 3 is 2.43 bits per heavy atom. The van der Waals surface area contributed by atoms with Crippen LogP contribution in [0.4, 0.5) is 22.0 Å². The van der Waals surface area contributed by atoms with Crippen LogP contribution in [0.15, 0.2) is 12.3 Å². The second-order valence-electron chi connectivity index (χ2n) is 3.85. The third-order valence-electron chi connectivity index (χ3n) is 2.48. The topological polar surface area (TPSA) is 39.9 Å². The molecule has 114 valence electrons. The molecule has 0 atom stereocenters. The minimum atomic E-state index is -3.33. The van der Waals surface area contributed by atoms with E-state index in [0.717, 1.165) is 19.3 Å². The Kier molecular flexibility index (Phi) is 4.31. The molecule has 0 saturated carbocycles. The molecule has 0 unspecified atom stereocenters. The summed E-state index contributed by atoms with van der Waals surface area (Å²) in [5, 5.41) is 3.53. The molecule has 0 aliphatic rings. The van der Waals surface area contributed by atoms with Crippen molar-refractivity contribution in [3.05, 3.63) is 28.7 Å². The summed E-state index contributed by atoms with van der Waals surface area (Å²) in [6.07, 6.45) is -2.18. The van der Waals surface area contributed by atoms with Crippen LogP contribution in [0.3, 0.4) is 0 Å². The molecular formula is C11H7ClF5N3O. The van der Waals surface area contributed by atoms with Crippen LogP contribution in [0, 0.1) is 5.82 Å². The second-order valence-corrected chi connectivity index (χ2v) is 4.29. The van der Waals surface area contributed by atoms with E-state index in [2.05, 4.69) is 14.8 Å². The van der Waals surface area contributed by atoms with Crippen LogP contribution in [0.25, 0.3) is 11.4 Å². The van der Waals surface area contributed by atoms with E-state index in [4.69, 9.17) is 11.6 Å². The summed E-state index contributed by atoms with van der Waals surface area (Å²) in [6.45, 7) is -3.33. The van der Waals surface area contributed by atoms with E-state index < -0.39 is 41.7 Å². The van der Waals surface area contributed by atoms with E-state index in [-0.39, 0.29) is 5.02 Å². The molecule has 0 spiro atoms. The maximum absolute atomic E-state index is 13.8. The van der Waals surface area contributed by atoms with Gasteiger partial charge in [-0.15, -0.1) is 0 Å². The Balaban J connectivity index is 2.63. The molecule has 21 heavy (non-hydrogen) atoms. The summed E-state index contributed by atoms with van der Waals surface area (Å²) < 4.78 is 69.2. The first kappa shape index (κ1) is 15.5. The van der Waals surface area contributed by atoms with Crippen molar-refractivity contribution in [2.24, 2.45) is 7.05 Å². The molecule has 0 aliphatic heterocycles. The van der Waals surface area contributed by atoms with Crippen LogP contribution in [0.1, 0.15) is 12.0 Å². The third kappa shape index (κ3) is 3.07. The molecule has 0 amide bonds. The Morgan fingerprint density at radius 1 is 1.24 bits per heavy atom. The second kappa shape index (κ2) is 5.84. The normalized spacial score (nSPS) is 11.5. The van der Waals surface area contributed by atoms with Crippen molar-refractivity contribution >= 4 is 11.6 Å². The number of pyridine rings is 1. The van der Waals surface area contributed by atoms with E-state index in [0.29, 0.717) is 4.68 Å². The van der Waals surface area contributed by atoms with Gasteiger partial charge in [-0.2, -0.15) is 13.9 Å². The van der Waals surface area contributed by atoms with Gasteiger partial charge < -0.3 is 4.74 Å². The van der Waals surface area contributed by atoms with Crippen molar-refractivity contribution < 1.29 is 26.7 Å². The first-order valence-corrected chi connectivity index (χ1v) is 5.80. The van der Waals surface area contributed by atoms with Gasteiger partial charge in [0, 0.05) is 13.2 Å². The summed E-state index contributed by atoms with van der Waals surface area (Å²) >= 11 is 5.51. The summed E-state index contributed by atoms with van der Waals surface area (Å²) in [5.41, 5.74) is -2.08. The van der Waals surface area contributed by atoms with Gasteiger partial charge in [0.25, 0.3) is 6.43 Å². The lowest BCUT2D eigenvalue weighted by Gasteiger charge is -2.07. The Morgan fingerprint density at radius 2 is 1.90 bits per heavy atom. The average Bonchev–Trinajstić information content (AvgIpc) is 2.66. The molecule has 0 N–H and O–H groups in total. The lowest BCUT2D eigenvalue weighted by Crippen LogP contribution is -2.08. The van der Waals surface area contributed by atoms with Crippen LogP contribution in [0.2, 0.25) is 5.02 Å². The molecule has 2 aromatic rings. The zero-order chi connectivity index (χ0) is 15.7. The highest BCUT2D eigenvalue weighted by molar-refractivity contribution is 6.30. The van der Waals surface area contributed by atoms with Crippen molar-refractivity contribution in [1.29, 1.82) is 0 Å². The molecular weight excluding hydrogens is 321 g/mol. The number of hydrogen-bond donors (Lipinski definition) is 0. The molecule has 0 saturated heterocycles. The lowest BCUT2D eigenvalue weighted by molar-refractivity contribution is -0.0574. The fourth-order valence-electron chi connectivity index (χ4n) is 1.71. The first-order valence-electron chi connectivity index (χ1n) is 5.42. The van der Waals surface area contributed by atoms with Gasteiger partial charge >= 0.3 is 6.61 Å². The van der Waals surface area contributed by atoms with Crippen LogP contribution in [-0.2, 0) is 7.05 Å². The molecule has 2 heterocycles. The largest absolute Gasteiger partial charge is 0.417 e. The van der Waals surface area contributed by atoms with Gasteiger partial charge in [-0.3, -0.25) is 0 Å². The van der Waals surface area contributed by atoms with Gasteiger partial charge in [0.15, 0.2) is 5.82 Å². The summed E-state index contributed by atoms with van der Waals surface area (Å²) in [7, 11) is 1.11. The molecule has 0 fully saturated rings. The van der Waals surface area contributed by atoms with Gasteiger partial charge in [-0.25, -0.2) is 22.8 Å². The lowest BCUT2D eigenvalue weighted by atomic mass is 10.1. The molecule has 0 radical (unpaired) electrons. The van der Waals surface area contributed by atoms with Crippen LogP contribution < -0.4 is 4.74 Å². The van der Waals surface area contributed by atoms with E-state index in [9.17, 15) is 22.0 Å². The Labute approximate surface area is 120 Å². The molecule has 4 nitrogen and oxygen atoms in total. The minimum absolute atomic E-state index is 0.0465. The maximum Gasteiger partial charge on any atom is 0.388 e. The van der Waals surface area contributed by atoms with Crippen LogP contribution in [-0.4, -0.2) is 21.4 Å². The minimum Gasteiger partial charge on any atom is -0.417 e. The fourth-order valence-corrected chi connectivity index (χ4v) is 1.85. The summed E-state index contributed by atoms with van der Waals surface area (Å²) in [6, 6.07) is 0.849. The molecule has 10 heteroatoms. The Bertz CT molecular complexity index is 662.